The van der Waals surface area contributed by atoms with Gasteiger partial charge in [-0.15, -0.1) is 0 Å². The van der Waals surface area contributed by atoms with E-state index >= 15 is 0 Å². The molecule has 0 fully saturated rings. The summed E-state index contributed by atoms with van der Waals surface area (Å²) < 4.78 is 0. The van der Waals surface area contributed by atoms with Crippen LogP contribution in [0.3, 0.4) is 0 Å². The van der Waals surface area contributed by atoms with E-state index in [4.69, 9.17) is 17.2 Å². The van der Waals surface area contributed by atoms with Crippen LogP contribution >= 0.6 is 17.2 Å². The van der Waals surface area contributed by atoms with Crippen molar-refractivity contribution in [3.05, 3.63) is 58.7 Å². The molecule has 2 rings (SSSR count). The van der Waals surface area contributed by atoms with E-state index in [0.717, 1.165) is 0 Å². The minimum Gasteiger partial charge on any atom is -0.207 e. The van der Waals surface area contributed by atoms with E-state index in [1.165, 1.54) is 22.3 Å². The van der Waals surface area contributed by atoms with Gasteiger partial charge in [0.05, 0.1) is 0 Å². The first kappa shape index (κ1) is 26.4. The van der Waals surface area contributed by atoms with Gasteiger partial charge in [0.25, 0.3) is 0 Å². The zero-order valence-electron chi connectivity index (χ0n) is 18.2. The molecular weight excluding hydrogens is 542 g/mol. The fraction of sp³-hybridized carbons (Fsp3) is 0.545. The predicted molar refractivity (Wildman–Crippen MR) is 120 cm³/mol. The third-order valence-electron chi connectivity index (χ3n) is 3.93. The Hall–Kier alpha value is 0.367. The van der Waals surface area contributed by atoms with Crippen molar-refractivity contribution >= 4 is 22.6 Å². The third kappa shape index (κ3) is 11.3. The Morgan fingerprint density at radius 1 is 0.769 bits per heavy atom. The Balaban J connectivity index is 0.000000375. The van der Waals surface area contributed by atoms with Crippen molar-refractivity contribution in [2.45, 2.75) is 79.3 Å². The maximum Gasteiger partial charge on any atom is -0.0635 e. The molecule has 0 aliphatic carbocycles. The predicted octanol–water partition coefficient (Wildman–Crippen LogP) is 8.19. The van der Waals surface area contributed by atoms with Gasteiger partial charge in [0.1, 0.15) is 0 Å². The molecule has 0 N–H and O–H groups in total. The average Bonchev–Trinajstić information content (AvgIpc) is 3.07. The third-order valence-corrected chi connectivity index (χ3v) is 31.4. The largest absolute Gasteiger partial charge is 0.207 e. The minimum atomic E-state index is -1.78. The maximum absolute atomic E-state index is 5.64. The molecule has 0 saturated heterocycles. The standard InChI is InChI=1S/2C10H15.C2H6Si.2ClH.Hf/c2*1-8-5-6-9(7-8)10(2,3)4;1-3-2;;;/h2*5-7H,1-4H3;1-2H3;2*1H;/q2*-1;;;;+2/p-2. The second kappa shape index (κ2) is 11.4. The Kier molecular flexibility index (Phi) is 11.5. The molecule has 0 radical (unpaired) electrons. The summed E-state index contributed by atoms with van der Waals surface area (Å²) in [6, 6.07) is 13.2. The monoisotopic (exact) mass is 578 g/mol. The normalized spacial score (nSPS) is 11.1. The van der Waals surface area contributed by atoms with Gasteiger partial charge in [-0.2, -0.15) is 46.5 Å². The van der Waals surface area contributed by atoms with Crippen molar-refractivity contribution in [1.82, 2.24) is 0 Å². The quantitative estimate of drug-likeness (QED) is 0.219. The molecule has 0 unspecified atom stereocenters. The van der Waals surface area contributed by atoms with Crippen molar-refractivity contribution in [2.24, 2.45) is 0 Å². The van der Waals surface area contributed by atoms with Crippen LogP contribution < -0.4 is 0 Å². The molecule has 0 nitrogen and oxygen atoms in total. The van der Waals surface area contributed by atoms with E-state index in [1.54, 1.807) is 0 Å². The van der Waals surface area contributed by atoms with Gasteiger partial charge in [0.2, 0.25) is 0 Å². The van der Waals surface area contributed by atoms with Gasteiger partial charge in [0.15, 0.2) is 0 Å². The molecular formula is C22H36Cl2HfSi-2. The molecule has 0 aromatic heterocycles. The first-order valence-corrected chi connectivity index (χ1v) is 25.9. The van der Waals surface area contributed by atoms with Gasteiger partial charge in [-0.25, -0.2) is 12.1 Å². The van der Waals surface area contributed by atoms with E-state index in [2.05, 4.69) is 105 Å². The van der Waals surface area contributed by atoms with Gasteiger partial charge in [-0.1, -0.05) is 66.2 Å². The second-order valence-corrected chi connectivity index (χ2v) is 40.8. The van der Waals surface area contributed by atoms with Crippen LogP contribution in [0.25, 0.3) is 0 Å². The molecule has 0 saturated carbocycles. The molecule has 0 bridgehead atoms. The first-order chi connectivity index (χ1) is 11.6. The van der Waals surface area contributed by atoms with Crippen LogP contribution in [0.15, 0.2) is 36.4 Å². The van der Waals surface area contributed by atoms with Gasteiger partial charge in [0, 0.05) is 0 Å². The smallest absolute Gasteiger partial charge is 0.0635 e. The Labute approximate surface area is 177 Å². The summed E-state index contributed by atoms with van der Waals surface area (Å²) in [4.78, 5) is 0. The number of hydrogen-bond acceptors (Lipinski definition) is 0. The summed E-state index contributed by atoms with van der Waals surface area (Å²) in [5.41, 5.74) is 6.02. The first-order valence-electron chi connectivity index (χ1n) is 9.10. The fourth-order valence-corrected chi connectivity index (χ4v) is 2.06. The summed E-state index contributed by atoms with van der Waals surface area (Å²) in [5.74, 6) is 0. The molecule has 0 amide bonds. The average molecular weight is 578 g/mol. The van der Waals surface area contributed by atoms with Crippen LogP contribution in [0, 0.1) is 13.8 Å². The number of halogens is 2. The van der Waals surface area contributed by atoms with Crippen LogP contribution in [0.1, 0.15) is 63.8 Å². The van der Waals surface area contributed by atoms with Crippen LogP contribution in [0.4, 0.5) is 0 Å². The van der Waals surface area contributed by atoms with Gasteiger partial charge in [-0.05, 0) is 0 Å². The van der Waals surface area contributed by atoms with E-state index in [-0.39, 0.29) is 5.49 Å². The topological polar surface area (TPSA) is 0 Å². The van der Waals surface area contributed by atoms with Crippen LogP contribution in [0.5, 0.6) is 0 Å². The fourth-order valence-electron chi connectivity index (χ4n) is 2.06. The number of aryl methyl sites for hydroxylation is 2. The van der Waals surface area contributed by atoms with Crippen LogP contribution in [0.2, 0.25) is 13.1 Å². The molecule has 2 aromatic rings. The Morgan fingerprint density at radius 3 is 1.12 bits per heavy atom. The molecule has 0 spiro atoms. The number of rotatable bonds is 0. The number of hydrogen-bond donors (Lipinski definition) is 0. The van der Waals surface area contributed by atoms with Crippen molar-refractivity contribution in [2.75, 3.05) is 0 Å². The van der Waals surface area contributed by atoms with Crippen molar-refractivity contribution in [1.29, 1.82) is 0 Å². The van der Waals surface area contributed by atoms with Gasteiger partial charge in [-0.3, -0.25) is 0 Å². The molecule has 0 aliphatic rings. The Morgan fingerprint density at radius 2 is 1.04 bits per heavy atom. The summed E-state index contributed by atoms with van der Waals surface area (Å²) in [7, 11) is 11.3. The maximum atomic E-state index is 5.64. The van der Waals surface area contributed by atoms with Gasteiger partial charge >= 0.3 is 53.4 Å². The summed E-state index contributed by atoms with van der Waals surface area (Å²) in [6.07, 6.45) is 0. The summed E-state index contributed by atoms with van der Waals surface area (Å²) in [5, 5.41) is 0. The Bertz CT molecular complexity index is 626. The summed E-state index contributed by atoms with van der Waals surface area (Å²) >= 11 is -1.78. The molecule has 4 heteroatoms. The molecule has 0 aliphatic heterocycles. The van der Waals surface area contributed by atoms with E-state index in [9.17, 15) is 0 Å². The van der Waals surface area contributed by atoms with E-state index in [1.807, 2.05) is 0 Å². The molecule has 26 heavy (non-hydrogen) atoms. The van der Waals surface area contributed by atoms with Crippen LogP contribution in [-0.2, 0) is 28.5 Å². The summed E-state index contributed by atoms with van der Waals surface area (Å²) in [6.45, 7) is 22.0. The second-order valence-electron chi connectivity index (χ2n) is 9.11. The van der Waals surface area contributed by atoms with E-state index in [0.29, 0.717) is 10.8 Å². The zero-order chi connectivity index (χ0) is 20.7. The van der Waals surface area contributed by atoms with Crippen LogP contribution in [-0.4, -0.2) is 5.49 Å². The molecule has 0 atom stereocenters. The minimum absolute atomic E-state index is 0.208. The van der Waals surface area contributed by atoms with Crippen molar-refractivity contribution in [3.63, 3.8) is 0 Å². The van der Waals surface area contributed by atoms with Gasteiger partial charge < -0.3 is 0 Å². The molecule has 0 heterocycles. The SMILES string of the molecule is C[Si](C)=[Hf]([Cl])[Cl].Cc1cc(C(C)(C)C)c[cH-]1.Cc1cc(C(C)(C)C)c[cH-]1. The van der Waals surface area contributed by atoms with E-state index < -0.39 is 17.7 Å². The molecule has 2 aromatic carbocycles. The molecule has 148 valence electrons. The van der Waals surface area contributed by atoms with Crippen molar-refractivity contribution < 1.29 is 17.7 Å². The van der Waals surface area contributed by atoms with Crippen molar-refractivity contribution in [3.8, 4) is 0 Å². The zero-order valence-corrected chi connectivity index (χ0v) is 24.3.